The van der Waals surface area contributed by atoms with Crippen molar-refractivity contribution in [2.45, 2.75) is 19.1 Å². The fourth-order valence-corrected chi connectivity index (χ4v) is 3.00. The molecular weight excluding hydrogens is 298 g/mol. The average molecular weight is 318 g/mol. The fraction of sp³-hybridized carbons (Fsp3) is 0.353. The topological polar surface area (TPSA) is 41.3 Å². The number of rotatable bonds is 5. The van der Waals surface area contributed by atoms with Crippen LogP contribution in [0, 0.1) is 0 Å². The van der Waals surface area contributed by atoms with E-state index in [0.29, 0.717) is 13.1 Å². The van der Waals surface area contributed by atoms with E-state index >= 15 is 0 Å². The highest BCUT2D eigenvalue weighted by atomic mass is 35.5. The first-order valence-corrected chi connectivity index (χ1v) is 7.91. The van der Waals surface area contributed by atoms with Gasteiger partial charge < -0.3 is 5.11 Å². The molecule has 2 heterocycles. The molecular formula is C17H20ClN3O. The average Bonchev–Trinajstić information content (AvgIpc) is 3.01. The van der Waals surface area contributed by atoms with Gasteiger partial charge in [0.05, 0.1) is 12.6 Å². The van der Waals surface area contributed by atoms with Crippen LogP contribution in [0.1, 0.15) is 12.0 Å². The van der Waals surface area contributed by atoms with Gasteiger partial charge in [-0.3, -0.25) is 9.58 Å². The first kappa shape index (κ1) is 15.3. The molecule has 0 saturated heterocycles. The van der Waals surface area contributed by atoms with Crippen molar-refractivity contribution in [2.75, 3.05) is 19.6 Å². The minimum Gasteiger partial charge on any atom is -0.390 e. The Morgan fingerprint density at radius 3 is 2.86 bits per heavy atom. The molecule has 0 bridgehead atoms. The zero-order valence-electron chi connectivity index (χ0n) is 12.4. The van der Waals surface area contributed by atoms with E-state index in [0.717, 1.165) is 24.5 Å². The minimum atomic E-state index is -0.402. The van der Waals surface area contributed by atoms with Gasteiger partial charge in [0.1, 0.15) is 0 Å². The lowest BCUT2D eigenvalue weighted by Gasteiger charge is -2.28. The van der Waals surface area contributed by atoms with E-state index in [1.54, 1.807) is 10.9 Å². The summed E-state index contributed by atoms with van der Waals surface area (Å²) < 4.78 is 1.77. The summed E-state index contributed by atoms with van der Waals surface area (Å²) in [4.78, 5) is 2.27. The van der Waals surface area contributed by atoms with Gasteiger partial charge in [-0.2, -0.15) is 5.10 Å². The summed E-state index contributed by atoms with van der Waals surface area (Å²) in [6.45, 7) is 3.01. The van der Waals surface area contributed by atoms with Gasteiger partial charge in [-0.25, -0.2) is 0 Å². The van der Waals surface area contributed by atoms with Crippen LogP contribution in [0.5, 0.6) is 0 Å². The van der Waals surface area contributed by atoms with E-state index < -0.39 is 6.10 Å². The molecule has 1 aliphatic heterocycles. The summed E-state index contributed by atoms with van der Waals surface area (Å²) in [7, 11) is 0. The van der Waals surface area contributed by atoms with Gasteiger partial charge in [0.2, 0.25) is 0 Å². The molecule has 22 heavy (non-hydrogen) atoms. The number of β-amino-alcohol motifs (C(OH)–C–C–N with tert-alkyl or cyclic N) is 1. The Morgan fingerprint density at radius 1 is 1.27 bits per heavy atom. The van der Waals surface area contributed by atoms with Crippen LogP contribution in [0.2, 0.25) is 5.02 Å². The molecule has 0 fully saturated rings. The smallest absolute Gasteiger partial charge is 0.0862 e. The fourth-order valence-electron chi connectivity index (χ4n) is 2.81. The van der Waals surface area contributed by atoms with Crippen LogP contribution in [0.3, 0.4) is 0 Å². The van der Waals surface area contributed by atoms with Gasteiger partial charge >= 0.3 is 0 Å². The molecule has 0 aliphatic carbocycles. The van der Waals surface area contributed by atoms with Crippen molar-refractivity contribution in [3.63, 3.8) is 0 Å². The molecule has 1 atom stereocenters. The highest BCUT2D eigenvalue weighted by Crippen LogP contribution is 2.24. The Morgan fingerprint density at radius 2 is 2.18 bits per heavy atom. The van der Waals surface area contributed by atoms with Gasteiger partial charge in [-0.15, -0.1) is 0 Å². The molecule has 0 saturated carbocycles. The molecule has 0 spiro atoms. The zero-order chi connectivity index (χ0) is 15.4. The predicted octanol–water partition coefficient (Wildman–Crippen LogP) is 2.69. The van der Waals surface area contributed by atoms with Crippen LogP contribution in [0.4, 0.5) is 0 Å². The first-order valence-electron chi connectivity index (χ1n) is 7.53. The van der Waals surface area contributed by atoms with Gasteiger partial charge in [0.15, 0.2) is 0 Å². The van der Waals surface area contributed by atoms with Crippen molar-refractivity contribution in [3.8, 4) is 0 Å². The summed E-state index contributed by atoms with van der Waals surface area (Å²) in [5, 5.41) is 15.0. The second-order valence-corrected chi connectivity index (χ2v) is 6.07. The molecule has 1 N–H and O–H groups in total. The second-order valence-electron chi connectivity index (χ2n) is 5.63. The molecule has 4 nitrogen and oxygen atoms in total. The van der Waals surface area contributed by atoms with Gasteiger partial charge in [-0.05, 0) is 35.8 Å². The van der Waals surface area contributed by atoms with Crippen LogP contribution in [-0.2, 0) is 6.54 Å². The number of hydrogen-bond acceptors (Lipinski definition) is 3. The van der Waals surface area contributed by atoms with Crippen LogP contribution in [0.25, 0.3) is 5.57 Å². The van der Waals surface area contributed by atoms with Crippen molar-refractivity contribution in [2.24, 2.45) is 0 Å². The first-order chi connectivity index (χ1) is 10.7. The zero-order valence-corrected chi connectivity index (χ0v) is 13.2. The van der Waals surface area contributed by atoms with Crippen molar-refractivity contribution in [1.29, 1.82) is 0 Å². The Hall–Kier alpha value is -1.62. The van der Waals surface area contributed by atoms with E-state index in [4.69, 9.17) is 11.6 Å². The number of benzene rings is 1. The van der Waals surface area contributed by atoms with E-state index in [-0.39, 0.29) is 0 Å². The van der Waals surface area contributed by atoms with Crippen LogP contribution >= 0.6 is 11.6 Å². The van der Waals surface area contributed by atoms with Crippen LogP contribution < -0.4 is 0 Å². The summed E-state index contributed by atoms with van der Waals surface area (Å²) in [6.07, 6.45) is 6.41. The molecule has 0 amide bonds. The minimum absolute atomic E-state index is 0.402. The molecule has 3 rings (SSSR count). The number of aromatic nitrogens is 2. The number of aliphatic hydroxyl groups excluding tert-OH is 1. The van der Waals surface area contributed by atoms with E-state index in [1.807, 2.05) is 30.5 Å². The maximum Gasteiger partial charge on any atom is 0.0862 e. The van der Waals surface area contributed by atoms with Gasteiger partial charge in [-0.1, -0.05) is 29.8 Å². The Balaban J connectivity index is 1.54. The molecule has 2 aromatic rings. The van der Waals surface area contributed by atoms with Crippen LogP contribution in [0.15, 0.2) is 48.8 Å². The number of halogens is 1. The van der Waals surface area contributed by atoms with Crippen molar-refractivity contribution in [1.82, 2.24) is 14.7 Å². The number of hydrogen-bond donors (Lipinski definition) is 1. The molecule has 0 radical (unpaired) electrons. The normalized spacial score (nSPS) is 17.3. The quantitative estimate of drug-likeness (QED) is 0.922. The van der Waals surface area contributed by atoms with E-state index in [1.165, 1.54) is 11.1 Å². The predicted molar refractivity (Wildman–Crippen MR) is 88.7 cm³/mol. The molecule has 1 aliphatic rings. The third-order valence-electron chi connectivity index (χ3n) is 3.91. The van der Waals surface area contributed by atoms with Gasteiger partial charge in [0.25, 0.3) is 0 Å². The summed E-state index contributed by atoms with van der Waals surface area (Å²) >= 11 is 6.05. The van der Waals surface area contributed by atoms with Crippen molar-refractivity contribution in [3.05, 3.63) is 59.4 Å². The third-order valence-corrected chi connectivity index (χ3v) is 4.15. The summed E-state index contributed by atoms with van der Waals surface area (Å²) in [5.41, 5.74) is 2.53. The van der Waals surface area contributed by atoms with Gasteiger partial charge in [0, 0.05) is 37.1 Å². The Bertz CT molecular complexity index is 639. The Kier molecular flexibility index (Phi) is 4.93. The van der Waals surface area contributed by atoms with E-state index in [9.17, 15) is 5.11 Å². The molecule has 1 aromatic heterocycles. The molecule has 5 heteroatoms. The number of aliphatic hydroxyl groups is 1. The van der Waals surface area contributed by atoms with Crippen molar-refractivity contribution < 1.29 is 5.11 Å². The number of nitrogens with zero attached hydrogens (tertiary/aromatic N) is 3. The monoisotopic (exact) mass is 317 g/mol. The Labute approximate surface area is 135 Å². The lowest BCUT2D eigenvalue weighted by atomic mass is 9.99. The highest BCUT2D eigenvalue weighted by Gasteiger charge is 2.16. The molecule has 0 unspecified atom stereocenters. The third kappa shape index (κ3) is 3.97. The largest absolute Gasteiger partial charge is 0.390 e. The standard InChI is InChI=1S/C17H20ClN3O/c18-16-4-1-3-15(11-16)14-5-9-20(10-6-14)12-17(22)13-21-8-2-7-19-21/h1-5,7-8,11,17,22H,6,9-10,12-13H2/t17-/m0/s1. The van der Waals surface area contributed by atoms with E-state index in [2.05, 4.69) is 22.1 Å². The summed E-state index contributed by atoms with van der Waals surface area (Å²) in [5.74, 6) is 0. The maximum atomic E-state index is 10.2. The van der Waals surface area contributed by atoms with Crippen LogP contribution in [-0.4, -0.2) is 45.5 Å². The highest BCUT2D eigenvalue weighted by molar-refractivity contribution is 6.30. The van der Waals surface area contributed by atoms with Crippen molar-refractivity contribution >= 4 is 17.2 Å². The lowest BCUT2D eigenvalue weighted by molar-refractivity contribution is 0.0997. The lowest BCUT2D eigenvalue weighted by Crippen LogP contribution is -2.37. The molecule has 116 valence electrons. The molecule has 1 aromatic carbocycles. The second kappa shape index (κ2) is 7.09. The maximum absolute atomic E-state index is 10.2. The SMILES string of the molecule is O[C@@H](CN1CC=C(c2cccc(Cl)c2)CC1)Cn1cccn1. The summed E-state index contributed by atoms with van der Waals surface area (Å²) in [6, 6.07) is 9.86.